The highest BCUT2D eigenvalue weighted by Crippen LogP contribution is 2.39. The lowest BCUT2D eigenvalue weighted by Gasteiger charge is -2.36. The molecule has 1 saturated carbocycles. The van der Waals surface area contributed by atoms with E-state index >= 15 is 0 Å². The Morgan fingerprint density at radius 3 is 2.45 bits per heavy atom. The van der Waals surface area contributed by atoms with E-state index in [4.69, 9.17) is 10.5 Å². The van der Waals surface area contributed by atoms with Gasteiger partial charge in [0.25, 0.3) is 0 Å². The highest BCUT2D eigenvalue weighted by atomic mass is 16.5. The van der Waals surface area contributed by atoms with Crippen molar-refractivity contribution in [3.05, 3.63) is 35.4 Å². The van der Waals surface area contributed by atoms with Crippen molar-refractivity contribution in [1.82, 2.24) is 0 Å². The largest absolute Gasteiger partial charge is 0.466 e. The van der Waals surface area contributed by atoms with Gasteiger partial charge in [-0.25, -0.2) is 0 Å². The minimum absolute atomic E-state index is 0.219. The van der Waals surface area contributed by atoms with E-state index in [0.29, 0.717) is 19.1 Å². The summed E-state index contributed by atoms with van der Waals surface area (Å²) in [6.45, 7) is 2.90. The molecule has 0 amide bonds. The van der Waals surface area contributed by atoms with E-state index in [1.54, 1.807) is 6.92 Å². The zero-order valence-electron chi connectivity index (χ0n) is 13.2. The minimum atomic E-state index is -0.381. The van der Waals surface area contributed by atoms with Gasteiger partial charge in [0.05, 0.1) is 18.4 Å². The van der Waals surface area contributed by atoms with Gasteiger partial charge >= 0.3 is 5.97 Å². The first-order valence-electron chi connectivity index (χ1n) is 8.05. The van der Waals surface area contributed by atoms with E-state index in [9.17, 15) is 9.59 Å². The van der Waals surface area contributed by atoms with E-state index in [2.05, 4.69) is 0 Å². The van der Waals surface area contributed by atoms with Gasteiger partial charge in [0, 0.05) is 0 Å². The lowest BCUT2D eigenvalue weighted by atomic mass is 9.67. The van der Waals surface area contributed by atoms with Crippen molar-refractivity contribution >= 4 is 12.3 Å². The molecule has 120 valence electrons. The Morgan fingerprint density at radius 1 is 1.32 bits per heavy atom. The molecule has 4 nitrogen and oxygen atoms in total. The molecule has 0 radical (unpaired) electrons. The van der Waals surface area contributed by atoms with Gasteiger partial charge in [-0.2, -0.15) is 0 Å². The number of rotatable bonds is 6. The highest BCUT2D eigenvalue weighted by Gasteiger charge is 2.36. The van der Waals surface area contributed by atoms with E-state index in [-0.39, 0.29) is 17.8 Å². The van der Waals surface area contributed by atoms with Crippen LogP contribution in [0.1, 0.15) is 43.7 Å². The van der Waals surface area contributed by atoms with Crippen molar-refractivity contribution in [2.45, 2.75) is 44.4 Å². The molecule has 0 spiro atoms. The van der Waals surface area contributed by atoms with Crippen LogP contribution >= 0.6 is 0 Å². The normalized spacial score (nSPS) is 24.7. The van der Waals surface area contributed by atoms with Crippen molar-refractivity contribution in [1.29, 1.82) is 0 Å². The Kier molecular flexibility index (Phi) is 5.72. The van der Waals surface area contributed by atoms with Crippen LogP contribution in [-0.4, -0.2) is 25.4 Å². The Balaban J connectivity index is 2.08. The molecule has 1 aliphatic rings. The van der Waals surface area contributed by atoms with Crippen LogP contribution in [0, 0.1) is 5.92 Å². The number of ether oxygens (including phenoxy) is 1. The summed E-state index contributed by atoms with van der Waals surface area (Å²) in [4.78, 5) is 23.2. The van der Waals surface area contributed by atoms with Crippen molar-refractivity contribution in [3.8, 4) is 0 Å². The first kappa shape index (κ1) is 16.7. The average molecular weight is 303 g/mol. The third-order valence-corrected chi connectivity index (χ3v) is 4.74. The maximum Gasteiger partial charge on any atom is 0.310 e. The second-order valence-corrected chi connectivity index (χ2v) is 6.13. The standard InChI is InChI=1S/C18H25NO3/c1-2-22-17(21)11-14-3-5-16(6-4-14)18(13-20)9-7-15(12-19)8-10-18/h3-6,13,15H,2,7-12,19H2,1H3. The summed E-state index contributed by atoms with van der Waals surface area (Å²) in [5.74, 6) is 0.319. The van der Waals surface area contributed by atoms with Crippen LogP contribution in [0.25, 0.3) is 0 Å². The third kappa shape index (κ3) is 3.74. The molecule has 1 aromatic carbocycles. The second-order valence-electron chi connectivity index (χ2n) is 6.13. The summed E-state index contributed by atoms with van der Waals surface area (Å²) < 4.78 is 4.95. The fourth-order valence-electron chi connectivity index (χ4n) is 3.24. The number of esters is 1. The molecule has 22 heavy (non-hydrogen) atoms. The molecule has 1 fully saturated rings. The molecule has 0 aliphatic heterocycles. The zero-order chi connectivity index (χ0) is 16.0. The Hall–Kier alpha value is -1.68. The van der Waals surface area contributed by atoms with Gasteiger partial charge in [0.1, 0.15) is 6.29 Å². The number of benzene rings is 1. The molecule has 1 aliphatic carbocycles. The number of nitrogens with two attached hydrogens (primary N) is 1. The first-order valence-corrected chi connectivity index (χ1v) is 8.05. The van der Waals surface area contributed by atoms with Crippen LogP contribution in [0.15, 0.2) is 24.3 Å². The fourth-order valence-corrected chi connectivity index (χ4v) is 3.24. The van der Waals surface area contributed by atoms with Crippen molar-refractivity contribution < 1.29 is 14.3 Å². The van der Waals surface area contributed by atoms with Gasteiger partial charge in [0.15, 0.2) is 0 Å². The average Bonchev–Trinajstić information content (AvgIpc) is 2.56. The first-order chi connectivity index (χ1) is 10.6. The van der Waals surface area contributed by atoms with E-state index in [1.165, 1.54) is 0 Å². The lowest BCUT2D eigenvalue weighted by molar-refractivity contribution is -0.142. The van der Waals surface area contributed by atoms with Gasteiger partial charge in [-0.05, 0) is 56.2 Å². The molecule has 0 unspecified atom stereocenters. The molecular formula is C18H25NO3. The summed E-state index contributed by atoms with van der Waals surface area (Å²) in [5, 5.41) is 0. The summed E-state index contributed by atoms with van der Waals surface area (Å²) in [6.07, 6.45) is 5.09. The van der Waals surface area contributed by atoms with Crippen molar-refractivity contribution in [2.75, 3.05) is 13.2 Å². The molecule has 0 atom stereocenters. The van der Waals surface area contributed by atoms with Crippen LogP contribution in [0.5, 0.6) is 0 Å². The second kappa shape index (κ2) is 7.54. The topological polar surface area (TPSA) is 69.4 Å². The molecule has 2 rings (SSSR count). The van der Waals surface area contributed by atoms with Crippen LogP contribution in [0.2, 0.25) is 0 Å². The van der Waals surface area contributed by atoms with E-state index < -0.39 is 0 Å². The number of hydrogen-bond acceptors (Lipinski definition) is 4. The molecule has 0 saturated heterocycles. The minimum Gasteiger partial charge on any atom is -0.466 e. The SMILES string of the molecule is CCOC(=O)Cc1ccc(C2(C=O)CCC(CN)CC2)cc1. The molecule has 0 aromatic heterocycles. The van der Waals surface area contributed by atoms with Gasteiger partial charge in [-0.3, -0.25) is 4.79 Å². The van der Waals surface area contributed by atoms with Gasteiger partial charge < -0.3 is 15.3 Å². The zero-order valence-corrected chi connectivity index (χ0v) is 13.2. The lowest BCUT2D eigenvalue weighted by Crippen LogP contribution is -2.35. The number of carbonyl (C=O) groups excluding carboxylic acids is 2. The molecule has 4 heteroatoms. The quantitative estimate of drug-likeness (QED) is 0.647. The van der Waals surface area contributed by atoms with Crippen molar-refractivity contribution in [3.63, 3.8) is 0 Å². The van der Waals surface area contributed by atoms with Crippen LogP contribution < -0.4 is 5.73 Å². The van der Waals surface area contributed by atoms with Crippen LogP contribution in [0.4, 0.5) is 0 Å². The smallest absolute Gasteiger partial charge is 0.310 e. The van der Waals surface area contributed by atoms with Gasteiger partial charge in [0.2, 0.25) is 0 Å². The summed E-state index contributed by atoms with van der Waals surface area (Å²) >= 11 is 0. The molecule has 1 aromatic rings. The monoisotopic (exact) mass is 303 g/mol. The van der Waals surface area contributed by atoms with Crippen LogP contribution in [0.3, 0.4) is 0 Å². The maximum absolute atomic E-state index is 11.7. The van der Waals surface area contributed by atoms with E-state index in [1.807, 2.05) is 24.3 Å². The number of aldehydes is 1. The molecule has 0 bridgehead atoms. The third-order valence-electron chi connectivity index (χ3n) is 4.74. The van der Waals surface area contributed by atoms with Crippen LogP contribution in [-0.2, 0) is 26.2 Å². The highest BCUT2D eigenvalue weighted by molar-refractivity contribution is 5.73. The number of carbonyl (C=O) groups is 2. The Morgan fingerprint density at radius 2 is 1.95 bits per heavy atom. The maximum atomic E-state index is 11.7. The molecule has 2 N–H and O–H groups in total. The van der Waals surface area contributed by atoms with Crippen molar-refractivity contribution in [2.24, 2.45) is 11.7 Å². The van der Waals surface area contributed by atoms with Gasteiger partial charge in [-0.1, -0.05) is 24.3 Å². The Labute approximate surface area is 132 Å². The molecule has 0 heterocycles. The molecular weight excluding hydrogens is 278 g/mol. The number of hydrogen-bond donors (Lipinski definition) is 1. The summed E-state index contributed by atoms with van der Waals surface area (Å²) in [5.41, 5.74) is 7.31. The summed E-state index contributed by atoms with van der Waals surface area (Å²) in [6, 6.07) is 7.80. The predicted molar refractivity (Wildman–Crippen MR) is 85.5 cm³/mol. The van der Waals surface area contributed by atoms with Gasteiger partial charge in [-0.15, -0.1) is 0 Å². The fraction of sp³-hybridized carbons (Fsp3) is 0.556. The van der Waals surface area contributed by atoms with E-state index in [0.717, 1.165) is 43.1 Å². The Bertz CT molecular complexity index is 502. The predicted octanol–water partition coefficient (Wildman–Crippen LogP) is 2.38. The summed E-state index contributed by atoms with van der Waals surface area (Å²) in [7, 11) is 0.